The van der Waals surface area contributed by atoms with Crippen LogP contribution in [0, 0.1) is 0 Å². The predicted molar refractivity (Wildman–Crippen MR) is 75.1 cm³/mol. The second-order valence-corrected chi connectivity index (χ2v) is 4.01. The molecular weight excluding hydrogens is 262 g/mol. The zero-order valence-electron chi connectivity index (χ0n) is 11.3. The van der Waals surface area contributed by atoms with E-state index in [0.29, 0.717) is 18.0 Å². The van der Waals surface area contributed by atoms with Crippen LogP contribution in [0.2, 0.25) is 0 Å². The first-order valence-electron chi connectivity index (χ1n) is 6.22. The summed E-state index contributed by atoms with van der Waals surface area (Å²) in [7, 11) is 0. The van der Waals surface area contributed by atoms with Crippen LogP contribution in [-0.2, 0) is 9.53 Å². The Hall–Kier alpha value is -2.28. The average molecular weight is 281 g/mol. The highest BCUT2D eigenvalue weighted by molar-refractivity contribution is 5.91. The number of rotatable bonds is 8. The number of nitrogens with zero attached hydrogens (tertiary/aromatic N) is 1. The molecule has 110 valence electrons. The van der Waals surface area contributed by atoms with Gasteiger partial charge in [0.1, 0.15) is 19.0 Å². The number of oxime groups is 1. The summed E-state index contributed by atoms with van der Waals surface area (Å²) >= 11 is 0. The highest BCUT2D eigenvalue weighted by Crippen LogP contribution is 2.15. The van der Waals surface area contributed by atoms with E-state index in [1.807, 2.05) is 6.92 Å². The molecule has 1 amide bonds. The van der Waals surface area contributed by atoms with Crippen LogP contribution in [0.4, 0.5) is 5.69 Å². The molecule has 1 aromatic carbocycles. The van der Waals surface area contributed by atoms with Gasteiger partial charge in [0.15, 0.2) is 5.84 Å². The van der Waals surface area contributed by atoms with Gasteiger partial charge in [-0.3, -0.25) is 4.79 Å². The van der Waals surface area contributed by atoms with E-state index in [0.717, 1.165) is 6.42 Å². The lowest BCUT2D eigenvalue weighted by molar-refractivity contribution is -0.120. The minimum atomic E-state index is -0.205. The largest absolute Gasteiger partial charge is 0.486 e. The van der Waals surface area contributed by atoms with E-state index in [2.05, 4.69) is 10.5 Å². The standard InChI is InChI=1S/C13H19N3O4/c1-2-7-19-9-13(17)15-10-3-5-11(6-4-10)20-8-12(14)16-18/h3-6,18H,2,7-9H2,1H3,(H2,14,16)(H,15,17). The second-order valence-electron chi connectivity index (χ2n) is 4.01. The molecule has 20 heavy (non-hydrogen) atoms. The molecule has 0 aliphatic rings. The van der Waals surface area contributed by atoms with Gasteiger partial charge in [0.25, 0.3) is 0 Å². The zero-order chi connectivity index (χ0) is 14.8. The van der Waals surface area contributed by atoms with Crippen LogP contribution in [0.25, 0.3) is 0 Å². The van der Waals surface area contributed by atoms with Crippen LogP contribution in [0.1, 0.15) is 13.3 Å². The van der Waals surface area contributed by atoms with Crippen molar-refractivity contribution in [3.63, 3.8) is 0 Å². The molecule has 0 radical (unpaired) electrons. The highest BCUT2D eigenvalue weighted by Gasteiger charge is 2.03. The van der Waals surface area contributed by atoms with Crippen molar-refractivity contribution in [1.29, 1.82) is 0 Å². The van der Waals surface area contributed by atoms with Gasteiger partial charge in [-0.1, -0.05) is 12.1 Å². The molecule has 4 N–H and O–H groups in total. The third-order valence-corrected chi connectivity index (χ3v) is 2.23. The maximum atomic E-state index is 11.5. The van der Waals surface area contributed by atoms with Crippen LogP contribution in [-0.4, -0.2) is 36.8 Å². The molecule has 0 spiro atoms. The van der Waals surface area contributed by atoms with Crippen molar-refractivity contribution >= 4 is 17.4 Å². The molecule has 0 atom stereocenters. The molecule has 0 saturated carbocycles. The Morgan fingerprint density at radius 2 is 2.05 bits per heavy atom. The Balaban J connectivity index is 2.40. The Labute approximate surface area is 117 Å². The summed E-state index contributed by atoms with van der Waals surface area (Å²) in [6, 6.07) is 6.74. The number of hydrogen-bond donors (Lipinski definition) is 3. The third-order valence-electron chi connectivity index (χ3n) is 2.23. The van der Waals surface area contributed by atoms with Crippen molar-refractivity contribution in [2.45, 2.75) is 13.3 Å². The lowest BCUT2D eigenvalue weighted by Gasteiger charge is -2.08. The van der Waals surface area contributed by atoms with Gasteiger partial charge in [0.05, 0.1) is 0 Å². The SMILES string of the molecule is CCCOCC(=O)Nc1ccc(OC/C(N)=N/O)cc1. The highest BCUT2D eigenvalue weighted by atomic mass is 16.5. The fourth-order valence-corrected chi connectivity index (χ4v) is 1.33. The monoisotopic (exact) mass is 281 g/mol. The molecule has 7 heteroatoms. The average Bonchev–Trinajstić information content (AvgIpc) is 2.46. The van der Waals surface area contributed by atoms with Crippen molar-refractivity contribution in [1.82, 2.24) is 0 Å². The normalized spacial score (nSPS) is 11.2. The number of ether oxygens (including phenoxy) is 2. The summed E-state index contributed by atoms with van der Waals surface area (Å²) in [6.45, 7) is 2.57. The number of carbonyl (C=O) groups excluding carboxylic acids is 1. The number of carbonyl (C=O) groups is 1. The summed E-state index contributed by atoms with van der Waals surface area (Å²) in [5.74, 6) is 0.330. The van der Waals surface area contributed by atoms with Gasteiger partial charge in [0.2, 0.25) is 5.91 Å². The van der Waals surface area contributed by atoms with E-state index in [-0.39, 0.29) is 25.0 Å². The number of nitrogens with one attached hydrogen (secondary N) is 1. The Morgan fingerprint density at radius 3 is 2.65 bits per heavy atom. The van der Waals surface area contributed by atoms with Crippen LogP contribution < -0.4 is 15.8 Å². The molecule has 0 aromatic heterocycles. The minimum absolute atomic E-state index is 0.00688. The summed E-state index contributed by atoms with van der Waals surface area (Å²) in [6.07, 6.45) is 0.875. The molecule has 0 unspecified atom stereocenters. The maximum absolute atomic E-state index is 11.5. The van der Waals surface area contributed by atoms with Gasteiger partial charge in [-0.05, 0) is 30.7 Å². The Morgan fingerprint density at radius 1 is 1.35 bits per heavy atom. The quantitative estimate of drug-likeness (QED) is 0.218. The first kappa shape index (κ1) is 15.8. The van der Waals surface area contributed by atoms with Crippen LogP contribution in [0.3, 0.4) is 0 Å². The Kier molecular flexibility index (Phi) is 6.91. The molecule has 0 aliphatic heterocycles. The fraction of sp³-hybridized carbons (Fsp3) is 0.385. The first-order chi connectivity index (χ1) is 9.65. The van der Waals surface area contributed by atoms with E-state index in [9.17, 15) is 4.79 Å². The van der Waals surface area contributed by atoms with Crippen molar-refractivity contribution in [3.05, 3.63) is 24.3 Å². The number of amidine groups is 1. The van der Waals surface area contributed by atoms with E-state index in [1.165, 1.54) is 0 Å². The van der Waals surface area contributed by atoms with Gasteiger partial charge >= 0.3 is 0 Å². The second kappa shape index (κ2) is 8.76. The van der Waals surface area contributed by atoms with E-state index in [4.69, 9.17) is 20.4 Å². The molecule has 0 aliphatic carbocycles. The van der Waals surface area contributed by atoms with Crippen molar-refractivity contribution in [3.8, 4) is 5.75 Å². The van der Waals surface area contributed by atoms with Gasteiger partial charge in [0, 0.05) is 12.3 Å². The van der Waals surface area contributed by atoms with Crippen molar-refractivity contribution < 1.29 is 19.5 Å². The fourth-order valence-electron chi connectivity index (χ4n) is 1.33. The molecular formula is C13H19N3O4. The zero-order valence-corrected chi connectivity index (χ0v) is 11.3. The number of hydrogen-bond acceptors (Lipinski definition) is 5. The Bertz CT molecular complexity index is 445. The smallest absolute Gasteiger partial charge is 0.250 e. The predicted octanol–water partition coefficient (Wildman–Crippen LogP) is 1.18. The molecule has 0 bridgehead atoms. The van der Waals surface area contributed by atoms with Gasteiger partial charge in [-0.2, -0.15) is 0 Å². The summed E-state index contributed by atoms with van der Waals surface area (Å²) in [5, 5.41) is 13.9. The molecule has 1 rings (SSSR count). The number of benzene rings is 1. The maximum Gasteiger partial charge on any atom is 0.250 e. The number of nitrogens with two attached hydrogens (primary N) is 1. The van der Waals surface area contributed by atoms with Gasteiger partial charge < -0.3 is 25.7 Å². The number of anilines is 1. The van der Waals surface area contributed by atoms with E-state index in [1.54, 1.807) is 24.3 Å². The topological polar surface area (TPSA) is 106 Å². The van der Waals surface area contributed by atoms with Gasteiger partial charge in [-0.25, -0.2) is 0 Å². The molecule has 0 saturated heterocycles. The van der Waals surface area contributed by atoms with Crippen molar-refractivity contribution in [2.75, 3.05) is 25.1 Å². The minimum Gasteiger partial charge on any atom is -0.486 e. The summed E-state index contributed by atoms with van der Waals surface area (Å²) in [4.78, 5) is 11.5. The lowest BCUT2D eigenvalue weighted by Crippen LogP contribution is -2.21. The van der Waals surface area contributed by atoms with Gasteiger partial charge in [-0.15, -0.1) is 0 Å². The molecule has 0 fully saturated rings. The molecule has 1 aromatic rings. The van der Waals surface area contributed by atoms with Crippen molar-refractivity contribution in [2.24, 2.45) is 10.9 Å². The summed E-state index contributed by atoms with van der Waals surface area (Å²) < 4.78 is 10.4. The van der Waals surface area contributed by atoms with E-state index >= 15 is 0 Å². The van der Waals surface area contributed by atoms with Crippen LogP contribution in [0.15, 0.2) is 29.4 Å². The third kappa shape index (κ3) is 6.05. The van der Waals surface area contributed by atoms with Crippen LogP contribution in [0.5, 0.6) is 5.75 Å². The van der Waals surface area contributed by atoms with E-state index < -0.39 is 0 Å². The summed E-state index contributed by atoms with van der Waals surface area (Å²) in [5.41, 5.74) is 5.92. The molecule has 7 nitrogen and oxygen atoms in total. The first-order valence-corrected chi connectivity index (χ1v) is 6.22. The lowest BCUT2D eigenvalue weighted by atomic mass is 10.3. The molecule has 0 heterocycles. The number of amides is 1. The van der Waals surface area contributed by atoms with Crippen LogP contribution >= 0.6 is 0 Å².